The number of hydrogen-bond donors (Lipinski definition) is 1. The van der Waals surface area contributed by atoms with Crippen LogP contribution in [0.5, 0.6) is 0 Å². The Morgan fingerprint density at radius 3 is 3.06 bits per heavy atom. The van der Waals surface area contributed by atoms with Gasteiger partial charge in [0.25, 0.3) is 0 Å². The van der Waals surface area contributed by atoms with Crippen LogP contribution in [-0.2, 0) is 4.74 Å². The van der Waals surface area contributed by atoms with Gasteiger partial charge in [-0.25, -0.2) is 0 Å². The summed E-state index contributed by atoms with van der Waals surface area (Å²) in [6.45, 7) is 2.98. The lowest BCUT2D eigenvalue weighted by atomic mass is 9.91. The molecule has 1 fully saturated rings. The van der Waals surface area contributed by atoms with Crippen LogP contribution in [-0.4, -0.2) is 12.7 Å². The second-order valence-corrected chi connectivity index (χ2v) is 6.61. The minimum Gasteiger partial charge on any atom is -0.378 e. The standard InChI is InChI=1S/C11H15BrClNOS/c1-2-8-6(3-4-15-8)10(14)9-5-7(12)11(13)16-9/h5-6,8,10H,2-4,14H2,1H3. The van der Waals surface area contributed by atoms with Gasteiger partial charge in [-0.3, -0.25) is 0 Å². The second kappa shape index (κ2) is 5.36. The van der Waals surface area contributed by atoms with E-state index in [1.54, 1.807) is 11.3 Å². The molecule has 1 saturated heterocycles. The lowest BCUT2D eigenvalue weighted by molar-refractivity contribution is 0.0816. The zero-order chi connectivity index (χ0) is 11.7. The first kappa shape index (κ1) is 12.8. The molecule has 0 amide bonds. The molecule has 0 radical (unpaired) electrons. The van der Waals surface area contributed by atoms with Crippen molar-refractivity contribution in [3.63, 3.8) is 0 Å². The first-order valence-corrected chi connectivity index (χ1v) is 7.44. The highest BCUT2D eigenvalue weighted by Crippen LogP contribution is 2.40. The number of halogens is 2. The fraction of sp³-hybridized carbons (Fsp3) is 0.636. The van der Waals surface area contributed by atoms with E-state index < -0.39 is 0 Å². The first-order valence-electron chi connectivity index (χ1n) is 5.45. The molecule has 1 aromatic heterocycles. The third-order valence-corrected chi connectivity index (χ3v) is 5.69. The molecule has 2 heterocycles. The van der Waals surface area contributed by atoms with Gasteiger partial charge < -0.3 is 10.5 Å². The zero-order valence-electron chi connectivity index (χ0n) is 9.08. The second-order valence-electron chi connectivity index (χ2n) is 4.07. The molecule has 0 saturated carbocycles. The summed E-state index contributed by atoms with van der Waals surface area (Å²) < 4.78 is 7.39. The quantitative estimate of drug-likeness (QED) is 0.913. The van der Waals surface area contributed by atoms with Crippen molar-refractivity contribution < 1.29 is 4.74 Å². The maximum Gasteiger partial charge on any atom is 0.107 e. The molecule has 1 aliphatic heterocycles. The van der Waals surface area contributed by atoms with E-state index in [9.17, 15) is 0 Å². The number of hydrogen-bond acceptors (Lipinski definition) is 3. The van der Waals surface area contributed by atoms with Crippen LogP contribution >= 0.6 is 38.9 Å². The van der Waals surface area contributed by atoms with E-state index >= 15 is 0 Å². The molecule has 16 heavy (non-hydrogen) atoms. The molecule has 5 heteroatoms. The summed E-state index contributed by atoms with van der Waals surface area (Å²) >= 11 is 11.0. The summed E-state index contributed by atoms with van der Waals surface area (Å²) in [6, 6.07) is 2.07. The summed E-state index contributed by atoms with van der Waals surface area (Å²) in [6.07, 6.45) is 2.38. The molecular formula is C11H15BrClNOS. The van der Waals surface area contributed by atoms with Crippen LogP contribution in [0.1, 0.15) is 30.7 Å². The van der Waals surface area contributed by atoms with Gasteiger partial charge in [-0.05, 0) is 34.8 Å². The van der Waals surface area contributed by atoms with Gasteiger partial charge in [0.1, 0.15) is 4.34 Å². The van der Waals surface area contributed by atoms with Crippen molar-refractivity contribution in [1.82, 2.24) is 0 Å². The van der Waals surface area contributed by atoms with Crippen molar-refractivity contribution in [3.05, 3.63) is 19.8 Å². The van der Waals surface area contributed by atoms with E-state index in [0.717, 1.165) is 33.1 Å². The van der Waals surface area contributed by atoms with Crippen LogP contribution in [0, 0.1) is 5.92 Å². The third-order valence-electron chi connectivity index (χ3n) is 3.12. The normalized spacial score (nSPS) is 27.2. The molecule has 1 aromatic rings. The van der Waals surface area contributed by atoms with Crippen LogP contribution in [0.25, 0.3) is 0 Å². The van der Waals surface area contributed by atoms with Crippen molar-refractivity contribution in [2.75, 3.05) is 6.61 Å². The van der Waals surface area contributed by atoms with Crippen LogP contribution in [0.2, 0.25) is 4.34 Å². The average Bonchev–Trinajstić information content (AvgIpc) is 2.85. The molecule has 2 rings (SSSR count). The van der Waals surface area contributed by atoms with E-state index in [4.69, 9.17) is 22.1 Å². The molecule has 0 bridgehead atoms. The monoisotopic (exact) mass is 323 g/mol. The third kappa shape index (κ3) is 2.46. The molecule has 3 atom stereocenters. The Labute approximate surface area is 113 Å². The molecule has 3 unspecified atom stereocenters. The van der Waals surface area contributed by atoms with E-state index in [1.807, 2.05) is 6.07 Å². The smallest absolute Gasteiger partial charge is 0.107 e. The summed E-state index contributed by atoms with van der Waals surface area (Å²) in [4.78, 5) is 1.14. The predicted molar refractivity (Wildman–Crippen MR) is 72.1 cm³/mol. The number of nitrogens with two attached hydrogens (primary N) is 1. The molecule has 2 nitrogen and oxygen atoms in total. The Kier molecular flexibility index (Phi) is 4.30. The van der Waals surface area contributed by atoms with Crippen molar-refractivity contribution in [3.8, 4) is 0 Å². The highest BCUT2D eigenvalue weighted by molar-refractivity contribution is 9.10. The fourth-order valence-electron chi connectivity index (χ4n) is 2.23. The highest BCUT2D eigenvalue weighted by Gasteiger charge is 2.33. The topological polar surface area (TPSA) is 35.2 Å². The SMILES string of the molecule is CCC1OCCC1C(N)c1cc(Br)c(Cl)s1. The molecular weight excluding hydrogens is 310 g/mol. The maximum absolute atomic E-state index is 6.30. The first-order chi connectivity index (χ1) is 7.63. The molecule has 0 spiro atoms. The van der Waals surface area contributed by atoms with Gasteiger partial charge in [0.2, 0.25) is 0 Å². The van der Waals surface area contributed by atoms with Crippen LogP contribution < -0.4 is 5.73 Å². The van der Waals surface area contributed by atoms with Gasteiger partial charge in [0.15, 0.2) is 0 Å². The van der Waals surface area contributed by atoms with Crippen LogP contribution in [0.15, 0.2) is 10.5 Å². The lowest BCUT2D eigenvalue weighted by Crippen LogP contribution is -2.27. The van der Waals surface area contributed by atoms with Gasteiger partial charge in [-0.15, -0.1) is 11.3 Å². The van der Waals surface area contributed by atoms with Gasteiger partial charge >= 0.3 is 0 Å². The van der Waals surface area contributed by atoms with E-state index in [-0.39, 0.29) is 6.04 Å². The largest absolute Gasteiger partial charge is 0.378 e. The number of ether oxygens (including phenoxy) is 1. The fourth-order valence-corrected chi connectivity index (χ4v) is 4.05. The van der Waals surface area contributed by atoms with E-state index in [2.05, 4.69) is 22.9 Å². The molecule has 0 aromatic carbocycles. The lowest BCUT2D eigenvalue weighted by Gasteiger charge is -2.22. The van der Waals surface area contributed by atoms with E-state index in [1.165, 1.54) is 0 Å². The maximum atomic E-state index is 6.30. The molecule has 1 aliphatic rings. The van der Waals surface area contributed by atoms with Gasteiger partial charge in [0, 0.05) is 27.9 Å². The average molecular weight is 325 g/mol. The minimum atomic E-state index is 0.0428. The van der Waals surface area contributed by atoms with Crippen LogP contribution in [0.4, 0.5) is 0 Å². The molecule has 0 aliphatic carbocycles. The summed E-state index contributed by atoms with van der Waals surface area (Å²) in [5.41, 5.74) is 6.30. The molecule has 2 N–H and O–H groups in total. The Bertz CT molecular complexity index is 351. The minimum absolute atomic E-state index is 0.0428. The predicted octanol–water partition coefficient (Wildman–Crippen LogP) is 3.98. The summed E-state index contributed by atoms with van der Waals surface area (Å²) in [7, 11) is 0. The highest BCUT2D eigenvalue weighted by atomic mass is 79.9. The Morgan fingerprint density at radius 1 is 1.75 bits per heavy atom. The summed E-state index contributed by atoms with van der Waals surface area (Å²) in [5, 5.41) is 0. The number of rotatable bonds is 3. The van der Waals surface area contributed by atoms with Crippen molar-refractivity contribution in [2.24, 2.45) is 11.7 Å². The van der Waals surface area contributed by atoms with Gasteiger partial charge in [-0.2, -0.15) is 0 Å². The van der Waals surface area contributed by atoms with Gasteiger partial charge in [0.05, 0.1) is 6.10 Å². The number of thiophene rings is 1. The Hall–Kier alpha value is 0.390. The van der Waals surface area contributed by atoms with Crippen molar-refractivity contribution in [1.29, 1.82) is 0 Å². The van der Waals surface area contributed by atoms with E-state index in [0.29, 0.717) is 12.0 Å². The summed E-state index contributed by atoms with van der Waals surface area (Å²) in [5.74, 6) is 0.423. The Morgan fingerprint density at radius 2 is 2.50 bits per heavy atom. The van der Waals surface area contributed by atoms with Crippen molar-refractivity contribution in [2.45, 2.75) is 31.9 Å². The van der Waals surface area contributed by atoms with Gasteiger partial charge in [-0.1, -0.05) is 18.5 Å². The Balaban J connectivity index is 2.14. The van der Waals surface area contributed by atoms with Crippen molar-refractivity contribution >= 4 is 38.9 Å². The zero-order valence-corrected chi connectivity index (χ0v) is 12.2. The van der Waals surface area contributed by atoms with Crippen LogP contribution in [0.3, 0.4) is 0 Å². The molecule has 90 valence electrons.